The van der Waals surface area contributed by atoms with Crippen LogP contribution in [0.3, 0.4) is 0 Å². The van der Waals surface area contributed by atoms with Crippen LogP contribution in [0.15, 0.2) is 48.5 Å². The third kappa shape index (κ3) is 3.68. The SMILES string of the molecule is O=C(Cc1cccc(C(F)(F)F)c1)Nc1nc2ccccc2s1. The van der Waals surface area contributed by atoms with Crippen molar-refractivity contribution in [2.75, 3.05) is 5.32 Å². The highest BCUT2D eigenvalue weighted by molar-refractivity contribution is 7.22. The van der Waals surface area contributed by atoms with Crippen molar-refractivity contribution in [3.63, 3.8) is 0 Å². The first-order chi connectivity index (χ1) is 10.9. The third-order valence-corrected chi connectivity index (χ3v) is 4.11. The molecule has 3 nitrogen and oxygen atoms in total. The zero-order valence-electron chi connectivity index (χ0n) is 11.7. The van der Waals surface area contributed by atoms with Crippen molar-refractivity contribution in [1.82, 2.24) is 4.98 Å². The molecule has 0 aliphatic carbocycles. The van der Waals surface area contributed by atoms with E-state index in [1.165, 1.54) is 23.5 Å². The third-order valence-electron chi connectivity index (χ3n) is 3.16. The van der Waals surface area contributed by atoms with Crippen LogP contribution in [0.2, 0.25) is 0 Å². The van der Waals surface area contributed by atoms with Gasteiger partial charge in [0.15, 0.2) is 5.13 Å². The summed E-state index contributed by atoms with van der Waals surface area (Å²) in [6, 6.07) is 12.2. The van der Waals surface area contributed by atoms with Crippen LogP contribution in [0.5, 0.6) is 0 Å². The van der Waals surface area contributed by atoms with E-state index in [0.29, 0.717) is 10.7 Å². The molecule has 118 valence electrons. The number of carbonyl (C=O) groups is 1. The van der Waals surface area contributed by atoms with Gasteiger partial charge in [0.25, 0.3) is 0 Å². The highest BCUT2D eigenvalue weighted by Gasteiger charge is 2.30. The molecule has 0 saturated heterocycles. The maximum Gasteiger partial charge on any atom is 0.416 e. The van der Waals surface area contributed by atoms with Gasteiger partial charge in [-0.25, -0.2) is 4.98 Å². The van der Waals surface area contributed by atoms with Gasteiger partial charge in [0, 0.05) is 0 Å². The Hall–Kier alpha value is -2.41. The number of carbonyl (C=O) groups excluding carboxylic acids is 1. The fourth-order valence-electron chi connectivity index (χ4n) is 2.13. The number of rotatable bonds is 3. The molecule has 0 fully saturated rings. The Morgan fingerprint density at radius 3 is 2.65 bits per heavy atom. The summed E-state index contributed by atoms with van der Waals surface area (Å²) in [6.45, 7) is 0. The summed E-state index contributed by atoms with van der Waals surface area (Å²) in [4.78, 5) is 16.3. The van der Waals surface area contributed by atoms with Gasteiger partial charge in [0.2, 0.25) is 5.91 Å². The summed E-state index contributed by atoms with van der Waals surface area (Å²) in [6.07, 6.45) is -4.56. The Kier molecular flexibility index (Phi) is 4.04. The van der Waals surface area contributed by atoms with E-state index in [1.807, 2.05) is 24.3 Å². The summed E-state index contributed by atoms with van der Waals surface area (Å²) in [5.74, 6) is -0.400. The molecule has 7 heteroatoms. The van der Waals surface area contributed by atoms with Crippen LogP contribution in [0.4, 0.5) is 18.3 Å². The van der Waals surface area contributed by atoms with E-state index in [2.05, 4.69) is 10.3 Å². The second kappa shape index (κ2) is 6.00. The lowest BCUT2D eigenvalue weighted by Gasteiger charge is -2.08. The van der Waals surface area contributed by atoms with Gasteiger partial charge >= 0.3 is 6.18 Å². The van der Waals surface area contributed by atoms with Gasteiger partial charge in [-0.15, -0.1) is 0 Å². The molecule has 0 aliphatic heterocycles. The first-order valence-corrected chi connectivity index (χ1v) is 7.55. The molecule has 1 N–H and O–H groups in total. The number of benzene rings is 2. The lowest BCUT2D eigenvalue weighted by molar-refractivity contribution is -0.137. The van der Waals surface area contributed by atoms with Gasteiger partial charge < -0.3 is 5.32 Å². The predicted octanol–water partition coefficient (Wildman–Crippen LogP) is 4.50. The smallest absolute Gasteiger partial charge is 0.302 e. The number of hydrogen-bond donors (Lipinski definition) is 1. The first kappa shape index (κ1) is 15.5. The summed E-state index contributed by atoms with van der Waals surface area (Å²) < 4.78 is 38.9. The van der Waals surface area contributed by atoms with Crippen LogP contribution in [0.25, 0.3) is 10.2 Å². The average Bonchev–Trinajstić information content (AvgIpc) is 2.88. The quantitative estimate of drug-likeness (QED) is 0.765. The van der Waals surface area contributed by atoms with Crippen LogP contribution in [0.1, 0.15) is 11.1 Å². The van der Waals surface area contributed by atoms with Crippen LogP contribution < -0.4 is 5.32 Å². The number of nitrogens with zero attached hydrogens (tertiary/aromatic N) is 1. The Morgan fingerprint density at radius 2 is 1.91 bits per heavy atom. The van der Waals surface area contributed by atoms with Crippen molar-refractivity contribution in [3.8, 4) is 0 Å². The van der Waals surface area contributed by atoms with Crippen LogP contribution in [-0.2, 0) is 17.4 Å². The Morgan fingerprint density at radius 1 is 1.13 bits per heavy atom. The topological polar surface area (TPSA) is 42.0 Å². The molecule has 3 aromatic rings. The molecule has 1 heterocycles. The summed E-state index contributed by atoms with van der Waals surface area (Å²) >= 11 is 1.32. The largest absolute Gasteiger partial charge is 0.416 e. The lowest BCUT2D eigenvalue weighted by atomic mass is 10.1. The maximum atomic E-state index is 12.7. The van der Waals surface area contributed by atoms with Crippen molar-refractivity contribution in [1.29, 1.82) is 0 Å². The zero-order chi connectivity index (χ0) is 16.4. The van der Waals surface area contributed by atoms with E-state index in [9.17, 15) is 18.0 Å². The van der Waals surface area contributed by atoms with Crippen molar-refractivity contribution in [2.45, 2.75) is 12.6 Å². The number of hydrogen-bond acceptors (Lipinski definition) is 3. The highest BCUT2D eigenvalue weighted by Crippen LogP contribution is 2.30. The minimum Gasteiger partial charge on any atom is -0.302 e. The Balaban J connectivity index is 1.72. The first-order valence-electron chi connectivity index (χ1n) is 6.73. The highest BCUT2D eigenvalue weighted by atomic mass is 32.1. The Labute approximate surface area is 133 Å². The molecule has 1 amide bonds. The molecule has 0 radical (unpaired) electrons. The zero-order valence-corrected chi connectivity index (χ0v) is 12.5. The second-order valence-corrected chi connectivity index (χ2v) is 5.94. The fourth-order valence-corrected chi connectivity index (χ4v) is 3.01. The molecule has 0 aliphatic rings. The minimum absolute atomic E-state index is 0.139. The molecule has 0 bridgehead atoms. The number of alkyl halides is 3. The molecule has 0 saturated carbocycles. The normalized spacial score (nSPS) is 11.6. The predicted molar refractivity (Wildman–Crippen MR) is 83.4 cm³/mol. The number of nitrogens with one attached hydrogen (secondary N) is 1. The second-order valence-electron chi connectivity index (χ2n) is 4.91. The summed E-state index contributed by atoms with van der Waals surface area (Å²) in [5.41, 5.74) is 0.313. The molecule has 0 unspecified atom stereocenters. The number of halogens is 3. The van der Waals surface area contributed by atoms with Crippen LogP contribution in [0, 0.1) is 0 Å². The molecule has 0 atom stereocenters. The van der Waals surface area contributed by atoms with E-state index in [1.54, 1.807) is 0 Å². The van der Waals surface area contributed by atoms with E-state index in [0.717, 1.165) is 22.3 Å². The summed E-state index contributed by atoms with van der Waals surface area (Å²) in [5, 5.41) is 3.06. The van der Waals surface area contributed by atoms with E-state index < -0.39 is 17.6 Å². The molecule has 23 heavy (non-hydrogen) atoms. The minimum atomic E-state index is -4.42. The average molecular weight is 336 g/mol. The standard InChI is InChI=1S/C16H11F3N2OS/c17-16(18,19)11-5-3-4-10(8-11)9-14(22)21-15-20-12-6-1-2-7-13(12)23-15/h1-8H,9H2,(H,20,21,22). The number of anilines is 1. The van der Waals surface area contributed by atoms with Crippen molar-refractivity contribution in [3.05, 3.63) is 59.7 Å². The van der Waals surface area contributed by atoms with Crippen molar-refractivity contribution >= 4 is 32.6 Å². The Bertz CT molecular complexity index is 825. The van der Waals surface area contributed by atoms with Crippen LogP contribution >= 0.6 is 11.3 Å². The van der Waals surface area contributed by atoms with Gasteiger partial charge in [-0.2, -0.15) is 13.2 Å². The van der Waals surface area contributed by atoms with E-state index in [4.69, 9.17) is 0 Å². The number of amides is 1. The maximum absolute atomic E-state index is 12.7. The van der Waals surface area contributed by atoms with Gasteiger partial charge in [-0.1, -0.05) is 41.7 Å². The van der Waals surface area contributed by atoms with Crippen molar-refractivity contribution < 1.29 is 18.0 Å². The van der Waals surface area contributed by atoms with Crippen molar-refractivity contribution in [2.24, 2.45) is 0 Å². The van der Waals surface area contributed by atoms with Gasteiger partial charge in [0.05, 0.1) is 22.2 Å². The lowest BCUT2D eigenvalue weighted by Crippen LogP contribution is -2.15. The number of para-hydroxylation sites is 1. The van der Waals surface area contributed by atoms with Gasteiger partial charge in [-0.3, -0.25) is 4.79 Å². The monoisotopic (exact) mass is 336 g/mol. The molecule has 0 spiro atoms. The van der Waals surface area contributed by atoms with E-state index in [-0.39, 0.29) is 6.42 Å². The van der Waals surface area contributed by atoms with Gasteiger partial charge in [0.1, 0.15) is 0 Å². The molecular weight excluding hydrogens is 325 g/mol. The van der Waals surface area contributed by atoms with Gasteiger partial charge in [-0.05, 0) is 23.8 Å². The fraction of sp³-hybridized carbons (Fsp3) is 0.125. The summed E-state index contributed by atoms with van der Waals surface area (Å²) in [7, 11) is 0. The van der Waals surface area contributed by atoms with E-state index >= 15 is 0 Å². The number of fused-ring (bicyclic) bond motifs is 1. The molecule has 3 rings (SSSR count). The molecular formula is C16H11F3N2OS. The van der Waals surface area contributed by atoms with Crippen LogP contribution in [-0.4, -0.2) is 10.9 Å². The number of aromatic nitrogens is 1. The molecule has 1 aromatic heterocycles. The number of thiazole rings is 1. The molecule has 2 aromatic carbocycles.